The minimum Gasteiger partial charge on any atom is -0.478 e. The molecule has 0 fully saturated rings. The van der Waals surface area contributed by atoms with E-state index in [1.165, 1.54) is 0 Å². The summed E-state index contributed by atoms with van der Waals surface area (Å²) in [6, 6.07) is 5.02. The summed E-state index contributed by atoms with van der Waals surface area (Å²) in [7, 11) is 0. The molecule has 0 radical (unpaired) electrons. The highest BCUT2D eigenvalue weighted by Gasteiger charge is 2.25. The predicted molar refractivity (Wildman–Crippen MR) is 75.2 cm³/mol. The molecule has 1 aliphatic rings. The Morgan fingerprint density at radius 1 is 1.30 bits per heavy atom. The van der Waals surface area contributed by atoms with Gasteiger partial charge in [0.05, 0.1) is 5.56 Å². The number of nitrogens with zero attached hydrogens (tertiary/aromatic N) is 1. The van der Waals surface area contributed by atoms with Gasteiger partial charge in [-0.1, -0.05) is 6.07 Å². The van der Waals surface area contributed by atoms with E-state index in [9.17, 15) is 9.59 Å². The summed E-state index contributed by atoms with van der Waals surface area (Å²) in [6.45, 7) is 4.84. The summed E-state index contributed by atoms with van der Waals surface area (Å²) in [5, 5.41) is 8.97. The maximum atomic E-state index is 12.1. The molecule has 1 aliphatic heterocycles. The van der Waals surface area contributed by atoms with Crippen molar-refractivity contribution in [3.8, 4) is 0 Å². The lowest BCUT2D eigenvalue weighted by molar-refractivity contribution is -0.132. The van der Waals surface area contributed by atoms with Gasteiger partial charge in [-0.3, -0.25) is 4.79 Å². The molecule has 0 atom stereocenters. The molecule has 20 heavy (non-hydrogen) atoms. The van der Waals surface area contributed by atoms with Crippen LogP contribution in [-0.4, -0.2) is 27.4 Å². The molecule has 5 nitrogen and oxygen atoms in total. The Morgan fingerprint density at radius 2 is 1.95 bits per heavy atom. The summed E-state index contributed by atoms with van der Waals surface area (Å²) in [6.07, 6.45) is 1.06. The number of aromatic carboxylic acids is 1. The Labute approximate surface area is 118 Å². The van der Waals surface area contributed by atoms with E-state index >= 15 is 0 Å². The van der Waals surface area contributed by atoms with Crippen LogP contribution in [0.15, 0.2) is 18.2 Å². The molecule has 1 amide bonds. The fraction of sp³-hybridized carbons (Fsp3) is 0.467. The van der Waals surface area contributed by atoms with Gasteiger partial charge in [-0.05, 0) is 43.5 Å². The maximum absolute atomic E-state index is 12.1. The average molecular weight is 276 g/mol. The molecule has 1 aromatic carbocycles. The molecule has 1 heterocycles. The van der Waals surface area contributed by atoms with Crippen LogP contribution >= 0.6 is 0 Å². The summed E-state index contributed by atoms with van der Waals surface area (Å²) in [5.41, 5.74) is 7.75. The van der Waals surface area contributed by atoms with Gasteiger partial charge in [-0.25, -0.2) is 4.79 Å². The number of hydrogen-bond donors (Lipinski definition) is 2. The Kier molecular flexibility index (Phi) is 3.81. The first-order valence-electron chi connectivity index (χ1n) is 6.68. The quantitative estimate of drug-likeness (QED) is 0.877. The highest BCUT2D eigenvalue weighted by atomic mass is 16.4. The molecule has 3 N–H and O–H groups in total. The first-order chi connectivity index (χ1) is 9.26. The largest absolute Gasteiger partial charge is 0.478 e. The number of nitrogens with two attached hydrogens (primary N) is 1. The van der Waals surface area contributed by atoms with Crippen LogP contribution in [0.5, 0.6) is 0 Å². The Morgan fingerprint density at radius 3 is 2.55 bits per heavy atom. The number of carboxylic acids is 1. The summed E-state index contributed by atoms with van der Waals surface area (Å²) >= 11 is 0. The molecule has 1 aromatic rings. The summed E-state index contributed by atoms with van der Waals surface area (Å²) < 4.78 is 0. The van der Waals surface area contributed by atoms with Crippen molar-refractivity contribution >= 4 is 11.9 Å². The van der Waals surface area contributed by atoms with E-state index in [0.29, 0.717) is 25.9 Å². The zero-order valence-electron chi connectivity index (χ0n) is 11.8. The molecule has 0 aromatic heterocycles. The van der Waals surface area contributed by atoms with Gasteiger partial charge < -0.3 is 15.7 Å². The number of carboxylic acid groups (broad SMARTS) is 1. The van der Waals surface area contributed by atoms with Crippen LogP contribution in [-0.2, 0) is 17.9 Å². The highest BCUT2D eigenvalue weighted by Crippen LogP contribution is 2.25. The Hall–Kier alpha value is -1.88. The molecule has 2 rings (SSSR count). The molecular formula is C15H20N2O3. The second kappa shape index (κ2) is 5.25. The van der Waals surface area contributed by atoms with Crippen molar-refractivity contribution in [2.24, 2.45) is 5.73 Å². The fourth-order valence-corrected chi connectivity index (χ4v) is 2.29. The molecule has 0 spiro atoms. The number of hydrogen-bond acceptors (Lipinski definition) is 3. The first kappa shape index (κ1) is 14.5. The van der Waals surface area contributed by atoms with E-state index in [4.69, 9.17) is 10.8 Å². The summed E-state index contributed by atoms with van der Waals surface area (Å²) in [5.74, 6) is -0.876. The van der Waals surface area contributed by atoms with Gasteiger partial charge in [0.25, 0.3) is 0 Å². The summed E-state index contributed by atoms with van der Waals surface area (Å²) in [4.78, 5) is 24.8. The zero-order chi connectivity index (χ0) is 14.9. The number of amides is 1. The van der Waals surface area contributed by atoms with Crippen molar-refractivity contribution in [2.45, 2.75) is 45.3 Å². The number of carbonyl (C=O) groups excluding carboxylic acids is 1. The topological polar surface area (TPSA) is 83.6 Å². The van der Waals surface area contributed by atoms with E-state index < -0.39 is 5.97 Å². The minimum absolute atomic E-state index is 0.0663. The van der Waals surface area contributed by atoms with Crippen LogP contribution in [0.4, 0.5) is 0 Å². The van der Waals surface area contributed by atoms with Crippen molar-refractivity contribution in [2.75, 3.05) is 0 Å². The van der Waals surface area contributed by atoms with Gasteiger partial charge in [0.1, 0.15) is 0 Å². The molecule has 108 valence electrons. The third-order valence-electron chi connectivity index (χ3n) is 3.51. The maximum Gasteiger partial charge on any atom is 0.335 e. The first-order valence-corrected chi connectivity index (χ1v) is 6.68. The standard InChI is InChI=1S/C15H20N2O3/c1-15(2,16)6-5-13(18)17-8-11-4-3-10(14(19)20)7-12(11)9-17/h3-4,7H,5-6,8-9,16H2,1-2H3,(H,19,20). The molecule has 0 bridgehead atoms. The molecule has 0 aliphatic carbocycles. The fourth-order valence-electron chi connectivity index (χ4n) is 2.29. The van der Waals surface area contributed by atoms with Crippen LogP contribution in [0, 0.1) is 0 Å². The lowest BCUT2D eigenvalue weighted by atomic mass is 10.00. The van der Waals surface area contributed by atoms with Gasteiger partial charge in [-0.2, -0.15) is 0 Å². The third kappa shape index (κ3) is 3.36. The van der Waals surface area contributed by atoms with Crippen LogP contribution in [0.25, 0.3) is 0 Å². The third-order valence-corrected chi connectivity index (χ3v) is 3.51. The van der Waals surface area contributed by atoms with Crippen LogP contribution in [0.2, 0.25) is 0 Å². The van der Waals surface area contributed by atoms with E-state index in [-0.39, 0.29) is 17.0 Å². The van der Waals surface area contributed by atoms with Crippen LogP contribution < -0.4 is 5.73 Å². The second-order valence-electron chi connectivity index (χ2n) is 6.03. The molecule has 0 saturated carbocycles. The molecule has 5 heteroatoms. The minimum atomic E-state index is -0.942. The normalized spacial score (nSPS) is 14.2. The lowest BCUT2D eigenvalue weighted by Crippen LogP contribution is -2.34. The monoisotopic (exact) mass is 276 g/mol. The van der Waals surface area contributed by atoms with Gasteiger partial charge in [0.15, 0.2) is 0 Å². The van der Waals surface area contributed by atoms with Crippen molar-refractivity contribution < 1.29 is 14.7 Å². The Bertz CT molecular complexity index is 547. The van der Waals surface area contributed by atoms with Gasteiger partial charge in [0.2, 0.25) is 5.91 Å². The van der Waals surface area contributed by atoms with E-state index in [1.807, 2.05) is 13.8 Å². The number of fused-ring (bicyclic) bond motifs is 1. The zero-order valence-corrected chi connectivity index (χ0v) is 11.8. The number of benzene rings is 1. The van der Waals surface area contributed by atoms with Crippen molar-refractivity contribution in [1.82, 2.24) is 4.90 Å². The van der Waals surface area contributed by atoms with Gasteiger partial charge in [-0.15, -0.1) is 0 Å². The van der Waals surface area contributed by atoms with E-state index in [2.05, 4.69) is 0 Å². The van der Waals surface area contributed by atoms with Gasteiger partial charge in [0, 0.05) is 25.0 Å². The van der Waals surface area contributed by atoms with E-state index in [1.54, 1.807) is 23.1 Å². The van der Waals surface area contributed by atoms with Gasteiger partial charge >= 0.3 is 5.97 Å². The van der Waals surface area contributed by atoms with Crippen molar-refractivity contribution in [3.05, 3.63) is 34.9 Å². The lowest BCUT2D eigenvalue weighted by Gasteiger charge is -2.21. The average Bonchev–Trinajstić information content (AvgIpc) is 2.77. The molecule has 0 unspecified atom stereocenters. The molecular weight excluding hydrogens is 256 g/mol. The SMILES string of the molecule is CC(C)(N)CCC(=O)N1Cc2ccc(C(=O)O)cc2C1. The smallest absolute Gasteiger partial charge is 0.335 e. The van der Waals surface area contributed by atoms with Crippen molar-refractivity contribution in [3.63, 3.8) is 0 Å². The number of carbonyl (C=O) groups is 2. The predicted octanol–water partition coefficient (Wildman–Crippen LogP) is 1.74. The molecule has 0 saturated heterocycles. The second-order valence-corrected chi connectivity index (χ2v) is 6.03. The van der Waals surface area contributed by atoms with Crippen LogP contribution in [0.1, 0.15) is 48.2 Å². The van der Waals surface area contributed by atoms with E-state index in [0.717, 1.165) is 11.1 Å². The Balaban J connectivity index is 2.02. The van der Waals surface area contributed by atoms with Crippen LogP contribution in [0.3, 0.4) is 0 Å². The highest BCUT2D eigenvalue weighted by molar-refractivity contribution is 5.88. The number of rotatable bonds is 4. The van der Waals surface area contributed by atoms with Crippen molar-refractivity contribution in [1.29, 1.82) is 0 Å².